The van der Waals surface area contributed by atoms with Crippen molar-refractivity contribution in [2.75, 3.05) is 12.8 Å². The molecule has 0 radical (unpaired) electrons. The van der Waals surface area contributed by atoms with E-state index in [-0.39, 0.29) is 11.5 Å². The number of nitrogens with one attached hydrogen (secondary N) is 1. The molecule has 0 spiro atoms. The average Bonchev–Trinajstić information content (AvgIpc) is 2.85. The Bertz CT molecular complexity index is 608. The van der Waals surface area contributed by atoms with Crippen LogP contribution in [0.15, 0.2) is 34.0 Å². The van der Waals surface area contributed by atoms with E-state index in [2.05, 4.69) is 25.5 Å². The van der Waals surface area contributed by atoms with Crippen LogP contribution in [0.2, 0.25) is 0 Å². The summed E-state index contributed by atoms with van der Waals surface area (Å²) in [5.41, 5.74) is 8.29. The Kier molecular flexibility index (Phi) is 3.72. The van der Waals surface area contributed by atoms with Gasteiger partial charge < -0.3 is 10.5 Å². The van der Waals surface area contributed by atoms with Gasteiger partial charge in [-0.2, -0.15) is 5.10 Å². The van der Waals surface area contributed by atoms with Gasteiger partial charge in [-0.05, 0) is 28.0 Å². The second kappa shape index (κ2) is 5.63. The molecule has 0 aliphatic rings. The number of nitrogens with zero attached hydrogens (tertiary/aromatic N) is 3. The lowest BCUT2D eigenvalue weighted by Crippen LogP contribution is -2.19. The topological polar surface area (TPSA) is 116 Å². The summed E-state index contributed by atoms with van der Waals surface area (Å²) in [6.45, 7) is 0. The highest BCUT2D eigenvalue weighted by atomic mass is 16.6. The molecule has 1 amide bonds. The molecule has 0 bridgehead atoms. The zero-order valence-corrected chi connectivity index (χ0v) is 10.0. The number of anilines is 1. The van der Waals surface area contributed by atoms with E-state index in [1.54, 1.807) is 19.2 Å². The molecule has 8 heteroatoms. The monoisotopic (exact) mass is 261 g/mol. The van der Waals surface area contributed by atoms with Gasteiger partial charge >= 0.3 is 0 Å². The number of rotatable bonds is 4. The number of carbonyl (C=O) groups is 1. The van der Waals surface area contributed by atoms with Gasteiger partial charge in [0, 0.05) is 0 Å². The van der Waals surface area contributed by atoms with Gasteiger partial charge in [0.15, 0.2) is 0 Å². The maximum atomic E-state index is 11.5. The molecule has 8 nitrogen and oxygen atoms in total. The van der Waals surface area contributed by atoms with E-state index in [9.17, 15) is 4.79 Å². The first kappa shape index (κ1) is 12.6. The van der Waals surface area contributed by atoms with E-state index in [1.165, 1.54) is 6.21 Å². The molecular weight excluding hydrogens is 250 g/mol. The van der Waals surface area contributed by atoms with Crippen LogP contribution in [-0.2, 0) is 0 Å². The van der Waals surface area contributed by atoms with Gasteiger partial charge in [-0.15, -0.1) is 0 Å². The first-order chi connectivity index (χ1) is 9.20. The minimum absolute atomic E-state index is 0.0888. The lowest BCUT2D eigenvalue weighted by Gasteiger charge is -1.99. The number of carbonyl (C=O) groups excluding carboxylic acids is 1. The maximum absolute atomic E-state index is 11.5. The van der Waals surface area contributed by atoms with Crippen molar-refractivity contribution in [2.24, 2.45) is 5.10 Å². The molecule has 1 aromatic carbocycles. The van der Waals surface area contributed by atoms with Crippen LogP contribution >= 0.6 is 0 Å². The van der Waals surface area contributed by atoms with Gasteiger partial charge in [0.2, 0.25) is 11.5 Å². The van der Waals surface area contributed by atoms with Gasteiger partial charge in [0.25, 0.3) is 5.91 Å². The molecule has 2 aromatic rings. The Morgan fingerprint density at radius 2 is 2.37 bits per heavy atom. The number of methoxy groups -OCH3 is 1. The van der Waals surface area contributed by atoms with Crippen molar-refractivity contribution in [3.05, 3.63) is 35.5 Å². The Labute approximate surface area is 108 Å². The molecule has 0 aliphatic carbocycles. The van der Waals surface area contributed by atoms with Crippen LogP contribution in [0.25, 0.3) is 0 Å². The summed E-state index contributed by atoms with van der Waals surface area (Å²) < 4.78 is 9.37. The fourth-order valence-corrected chi connectivity index (χ4v) is 1.29. The summed E-state index contributed by atoms with van der Waals surface area (Å²) in [6.07, 6.45) is 1.46. The summed E-state index contributed by atoms with van der Waals surface area (Å²) >= 11 is 0. The fourth-order valence-electron chi connectivity index (χ4n) is 1.29. The highest BCUT2D eigenvalue weighted by Crippen LogP contribution is 2.10. The minimum Gasteiger partial charge on any atom is -0.497 e. The highest BCUT2D eigenvalue weighted by molar-refractivity contribution is 5.96. The van der Waals surface area contributed by atoms with Crippen molar-refractivity contribution >= 4 is 17.9 Å². The van der Waals surface area contributed by atoms with Crippen LogP contribution in [-0.4, -0.2) is 29.5 Å². The number of hydrogen-bond donors (Lipinski definition) is 2. The highest BCUT2D eigenvalue weighted by Gasteiger charge is 2.14. The molecule has 98 valence electrons. The third-order valence-electron chi connectivity index (χ3n) is 2.20. The predicted octanol–water partition coefficient (Wildman–Crippen LogP) is 0.424. The third-order valence-corrected chi connectivity index (χ3v) is 2.20. The molecule has 1 aromatic heterocycles. The molecule has 0 saturated heterocycles. The van der Waals surface area contributed by atoms with Gasteiger partial charge in [-0.1, -0.05) is 12.1 Å². The molecule has 0 unspecified atom stereocenters. The predicted molar refractivity (Wildman–Crippen MR) is 66.8 cm³/mol. The van der Waals surface area contributed by atoms with E-state index < -0.39 is 5.91 Å². The van der Waals surface area contributed by atoms with Crippen LogP contribution < -0.4 is 15.9 Å². The summed E-state index contributed by atoms with van der Waals surface area (Å²) in [5.74, 6) is 0.00667. The molecular formula is C11H11N5O3. The fraction of sp³-hybridized carbons (Fsp3) is 0.0909. The molecule has 0 aliphatic heterocycles. The molecule has 19 heavy (non-hydrogen) atoms. The van der Waals surface area contributed by atoms with Crippen LogP contribution in [0.5, 0.6) is 5.75 Å². The van der Waals surface area contributed by atoms with E-state index in [4.69, 9.17) is 10.5 Å². The third kappa shape index (κ3) is 3.06. The van der Waals surface area contributed by atoms with E-state index in [0.29, 0.717) is 5.75 Å². The second-order valence-corrected chi connectivity index (χ2v) is 3.47. The number of amides is 1. The van der Waals surface area contributed by atoms with Crippen molar-refractivity contribution in [3.63, 3.8) is 0 Å². The van der Waals surface area contributed by atoms with Crippen molar-refractivity contribution in [2.45, 2.75) is 0 Å². The first-order valence-electron chi connectivity index (χ1n) is 5.26. The largest absolute Gasteiger partial charge is 0.497 e. The summed E-state index contributed by atoms with van der Waals surface area (Å²) in [5, 5.41) is 10.4. The van der Waals surface area contributed by atoms with E-state index >= 15 is 0 Å². The number of hydrogen-bond acceptors (Lipinski definition) is 7. The van der Waals surface area contributed by atoms with Crippen LogP contribution in [0, 0.1) is 0 Å². The average molecular weight is 261 g/mol. The zero-order chi connectivity index (χ0) is 13.7. The summed E-state index contributed by atoms with van der Waals surface area (Å²) in [6, 6.07) is 7.19. The summed E-state index contributed by atoms with van der Waals surface area (Å²) in [4.78, 5) is 11.5. The number of hydrazone groups is 1. The number of aromatic nitrogens is 2. The number of benzene rings is 1. The van der Waals surface area contributed by atoms with Gasteiger partial charge in [-0.3, -0.25) is 4.79 Å². The van der Waals surface area contributed by atoms with Crippen LogP contribution in [0.4, 0.5) is 5.82 Å². The van der Waals surface area contributed by atoms with Crippen LogP contribution in [0.3, 0.4) is 0 Å². The van der Waals surface area contributed by atoms with Gasteiger partial charge in [-0.25, -0.2) is 10.1 Å². The molecule has 0 saturated carbocycles. The summed E-state index contributed by atoms with van der Waals surface area (Å²) in [7, 11) is 1.57. The molecule has 0 fully saturated rings. The number of nitrogen functional groups attached to an aromatic ring is 1. The Hall–Kier alpha value is -2.90. The second-order valence-electron chi connectivity index (χ2n) is 3.47. The van der Waals surface area contributed by atoms with E-state index in [0.717, 1.165) is 5.56 Å². The van der Waals surface area contributed by atoms with Crippen molar-refractivity contribution < 1.29 is 14.2 Å². The SMILES string of the molecule is COc1cccc(/C=N\NC(=O)c2nonc2N)c1. The first-order valence-corrected chi connectivity index (χ1v) is 5.26. The van der Waals surface area contributed by atoms with Gasteiger partial charge in [0.05, 0.1) is 13.3 Å². The van der Waals surface area contributed by atoms with Crippen molar-refractivity contribution in [1.82, 2.24) is 15.7 Å². The Balaban J connectivity index is 2.00. The van der Waals surface area contributed by atoms with Crippen molar-refractivity contribution in [3.8, 4) is 5.75 Å². The maximum Gasteiger partial charge on any atom is 0.297 e. The van der Waals surface area contributed by atoms with Crippen molar-refractivity contribution in [1.29, 1.82) is 0 Å². The number of nitrogens with two attached hydrogens (primary N) is 1. The number of ether oxygens (including phenoxy) is 1. The Morgan fingerprint density at radius 3 is 3.05 bits per heavy atom. The smallest absolute Gasteiger partial charge is 0.297 e. The normalized spacial score (nSPS) is 10.6. The van der Waals surface area contributed by atoms with E-state index in [1.807, 2.05) is 12.1 Å². The zero-order valence-electron chi connectivity index (χ0n) is 10.0. The lowest BCUT2D eigenvalue weighted by molar-refractivity contribution is 0.0946. The molecule has 3 N–H and O–H groups in total. The van der Waals surface area contributed by atoms with Gasteiger partial charge in [0.1, 0.15) is 5.75 Å². The molecule has 1 heterocycles. The standard InChI is InChI=1S/C11H11N5O3/c1-18-8-4-2-3-7(5-8)6-13-14-11(17)9-10(12)16-19-15-9/h2-6H,1H3,(H2,12,16)(H,14,17)/b13-6-. The Morgan fingerprint density at radius 1 is 1.53 bits per heavy atom. The minimum atomic E-state index is -0.599. The lowest BCUT2D eigenvalue weighted by atomic mass is 10.2. The molecule has 0 atom stereocenters. The van der Waals surface area contributed by atoms with Crippen LogP contribution in [0.1, 0.15) is 16.1 Å². The molecule has 2 rings (SSSR count). The quantitative estimate of drug-likeness (QED) is 0.608.